The van der Waals surface area contributed by atoms with Crippen LogP contribution < -0.4 is 4.72 Å². The van der Waals surface area contributed by atoms with Crippen molar-refractivity contribution in [2.75, 3.05) is 4.72 Å². The molecule has 0 fully saturated rings. The molecule has 2 aromatic rings. The first-order valence-corrected chi connectivity index (χ1v) is 7.08. The van der Waals surface area contributed by atoms with Gasteiger partial charge in [-0.3, -0.25) is 4.72 Å². The van der Waals surface area contributed by atoms with Gasteiger partial charge in [0.1, 0.15) is 22.3 Å². The lowest BCUT2D eigenvalue weighted by atomic mass is 10.3. The van der Waals surface area contributed by atoms with Gasteiger partial charge in [-0.25, -0.2) is 21.6 Å². The van der Waals surface area contributed by atoms with Crippen LogP contribution in [0.15, 0.2) is 41.3 Å². The van der Waals surface area contributed by atoms with Gasteiger partial charge in [-0.15, -0.1) is 0 Å². The topological polar surface area (TPSA) is 46.2 Å². The number of halogens is 4. The molecule has 2 aromatic carbocycles. The summed E-state index contributed by atoms with van der Waals surface area (Å²) in [4.78, 5) is -0.863. The quantitative estimate of drug-likeness (QED) is 0.939. The minimum absolute atomic E-state index is 0.142. The predicted octanol–water partition coefficient (Wildman–Crippen LogP) is 3.56. The molecule has 1 N–H and O–H groups in total. The first-order chi connectivity index (χ1) is 9.29. The summed E-state index contributed by atoms with van der Waals surface area (Å²) < 4.78 is 65.2. The molecule has 0 radical (unpaired) electrons. The molecule has 106 valence electrons. The molecule has 0 bridgehead atoms. The van der Waals surface area contributed by atoms with E-state index < -0.39 is 32.4 Å². The lowest BCUT2D eigenvalue weighted by Crippen LogP contribution is -2.15. The van der Waals surface area contributed by atoms with Gasteiger partial charge in [0.25, 0.3) is 10.0 Å². The lowest BCUT2D eigenvalue weighted by Gasteiger charge is -2.10. The molecule has 2 rings (SSSR count). The van der Waals surface area contributed by atoms with Crippen LogP contribution in [0, 0.1) is 17.5 Å². The van der Waals surface area contributed by atoms with Gasteiger partial charge in [-0.1, -0.05) is 11.6 Å². The highest BCUT2D eigenvalue weighted by Gasteiger charge is 2.21. The minimum Gasteiger partial charge on any atom is -0.278 e. The Hall–Kier alpha value is -1.73. The Kier molecular flexibility index (Phi) is 3.92. The summed E-state index contributed by atoms with van der Waals surface area (Å²) >= 11 is 5.66. The third-order valence-corrected chi connectivity index (χ3v) is 4.05. The van der Waals surface area contributed by atoms with Gasteiger partial charge >= 0.3 is 0 Å². The Morgan fingerprint density at radius 3 is 2.20 bits per heavy atom. The third kappa shape index (κ3) is 3.05. The number of rotatable bonds is 3. The van der Waals surface area contributed by atoms with Gasteiger partial charge in [0.15, 0.2) is 0 Å². The Morgan fingerprint density at radius 2 is 1.55 bits per heavy atom. The smallest absolute Gasteiger partial charge is 0.264 e. The fourth-order valence-corrected chi connectivity index (χ4v) is 2.90. The standard InChI is InChI=1S/C12H7ClF3NO2S/c13-9-5-7(14)2-4-11(9)17-20(18,19)12-6-8(15)1-3-10(12)16/h1-6,17H. The van der Waals surface area contributed by atoms with Crippen LogP contribution in [0.1, 0.15) is 0 Å². The average Bonchev–Trinajstić information content (AvgIpc) is 2.35. The van der Waals surface area contributed by atoms with Crippen molar-refractivity contribution in [2.24, 2.45) is 0 Å². The zero-order valence-corrected chi connectivity index (χ0v) is 11.3. The van der Waals surface area contributed by atoms with E-state index in [1.54, 1.807) is 0 Å². The van der Waals surface area contributed by atoms with Crippen LogP contribution in [-0.4, -0.2) is 8.42 Å². The van der Waals surface area contributed by atoms with Crippen LogP contribution in [0.25, 0.3) is 0 Å². The molecule has 0 atom stereocenters. The highest BCUT2D eigenvalue weighted by atomic mass is 35.5. The Balaban J connectivity index is 2.43. The van der Waals surface area contributed by atoms with Crippen LogP contribution in [0.3, 0.4) is 0 Å². The van der Waals surface area contributed by atoms with E-state index >= 15 is 0 Å². The Morgan fingerprint density at radius 1 is 0.950 bits per heavy atom. The molecule has 0 amide bonds. The normalized spacial score (nSPS) is 11.4. The Bertz CT molecular complexity index is 765. The maximum atomic E-state index is 13.5. The van der Waals surface area contributed by atoms with E-state index in [4.69, 9.17) is 11.6 Å². The predicted molar refractivity (Wildman–Crippen MR) is 68.6 cm³/mol. The fourth-order valence-electron chi connectivity index (χ4n) is 1.46. The van der Waals surface area contributed by atoms with Crippen molar-refractivity contribution >= 4 is 27.3 Å². The van der Waals surface area contributed by atoms with E-state index in [2.05, 4.69) is 0 Å². The summed E-state index contributed by atoms with van der Waals surface area (Å²) in [5, 5.41) is -0.203. The first-order valence-electron chi connectivity index (χ1n) is 5.22. The summed E-state index contributed by atoms with van der Waals surface area (Å²) in [6.07, 6.45) is 0. The molecule has 3 nitrogen and oxygen atoms in total. The van der Waals surface area contributed by atoms with E-state index in [0.29, 0.717) is 12.1 Å². The van der Waals surface area contributed by atoms with Crippen LogP contribution in [-0.2, 0) is 10.0 Å². The Labute approximate surface area is 118 Å². The number of hydrogen-bond acceptors (Lipinski definition) is 2. The lowest BCUT2D eigenvalue weighted by molar-refractivity contribution is 0.555. The molecule has 0 aliphatic heterocycles. The molecule has 20 heavy (non-hydrogen) atoms. The van der Waals surface area contributed by atoms with Crippen molar-refractivity contribution in [2.45, 2.75) is 4.90 Å². The SMILES string of the molecule is O=S(=O)(Nc1ccc(F)cc1Cl)c1cc(F)ccc1F. The maximum Gasteiger partial charge on any atom is 0.264 e. The number of anilines is 1. The van der Waals surface area contributed by atoms with Crippen molar-refractivity contribution < 1.29 is 21.6 Å². The molecule has 0 spiro atoms. The van der Waals surface area contributed by atoms with E-state index in [1.807, 2.05) is 4.72 Å². The van der Waals surface area contributed by atoms with Gasteiger partial charge < -0.3 is 0 Å². The van der Waals surface area contributed by atoms with Crippen molar-refractivity contribution in [1.82, 2.24) is 0 Å². The maximum absolute atomic E-state index is 13.5. The highest BCUT2D eigenvalue weighted by Crippen LogP contribution is 2.26. The summed E-state index contributed by atoms with van der Waals surface area (Å²) in [6, 6.07) is 4.96. The van der Waals surface area contributed by atoms with Gasteiger partial charge in [-0.2, -0.15) is 0 Å². The van der Waals surface area contributed by atoms with Crippen LogP contribution in [0.5, 0.6) is 0 Å². The van der Waals surface area contributed by atoms with Gasteiger partial charge in [0.05, 0.1) is 10.7 Å². The molecule has 0 heterocycles. The summed E-state index contributed by atoms with van der Waals surface area (Å²) in [6.45, 7) is 0. The molecule has 0 aliphatic carbocycles. The average molecular weight is 322 g/mol. The van der Waals surface area contributed by atoms with Crippen LogP contribution in [0.2, 0.25) is 5.02 Å². The summed E-state index contributed by atoms with van der Waals surface area (Å²) in [5.74, 6) is -2.68. The van der Waals surface area contributed by atoms with E-state index in [-0.39, 0.29) is 10.7 Å². The van der Waals surface area contributed by atoms with Crippen molar-refractivity contribution in [1.29, 1.82) is 0 Å². The zero-order valence-electron chi connectivity index (χ0n) is 9.70. The molecule has 0 unspecified atom stereocenters. The van der Waals surface area contributed by atoms with Gasteiger partial charge in [0, 0.05) is 0 Å². The minimum atomic E-state index is -4.37. The molecular formula is C12H7ClF3NO2S. The number of nitrogens with one attached hydrogen (secondary N) is 1. The molecule has 8 heteroatoms. The van der Waals surface area contributed by atoms with Crippen LogP contribution in [0.4, 0.5) is 18.9 Å². The second-order valence-corrected chi connectivity index (χ2v) is 5.86. The van der Waals surface area contributed by atoms with E-state index in [0.717, 1.165) is 24.3 Å². The van der Waals surface area contributed by atoms with Crippen molar-refractivity contribution in [3.63, 3.8) is 0 Å². The largest absolute Gasteiger partial charge is 0.278 e. The molecular weight excluding hydrogens is 315 g/mol. The number of sulfonamides is 1. The zero-order chi connectivity index (χ0) is 14.9. The fraction of sp³-hybridized carbons (Fsp3) is 0. The third-order valence-electron chi connectivity index (χ3n) is 2.36. The van der Waals surface area contributed by atoms with Crippen LogP contribution >= 0.6 is 11.6 Å². The van der Waals surface area contributed by atoms with Gasteiger partial charge in [-0.05, 0) is 36.4 Å². The second-order valence-electron chi connectivity index (χ2n) is 3.80. The van der Waals surface area contributed by atoms with Crippen molar-refractivity contribution in [3.05, 3.63) is 58.9 Å². The molecule has 0 aromatic heterocycles. The first kappa shape index (κ1) is 14.7. The van der Waals surface area contributed by atoms with Gasteiger partial charge in [0.2, 0.25) is 0 Å². The molecule has 0 saturated heterocycles. The van der Waals surface area contributed by atoms with E-state index in [9.17, 15) is 21.6 Å². The summed E-state index contributed by atoms with van der Waals surface area (Å²) in [7, 11) is -4.37. The molecule has 0 aliphatic rings. The monoisotopic (exact) mass is 321 g/mol. The highest BCUT2D eigenvalue weighted by molar-refractivity contribution is 7.92. The summed E-state index contributed by atoms with van der Waals surface area (Å²) in [5.41, 5.74) is -0.142. The van der Waals surface area contributed by atoms with E-state index in [1.165, 1.54) is 0 Å². The number of hydrogen-bond donors (Lipinski definition) is 1. The molecule has 0 saturated carbocycles. The number of benzene rings is 2. The second kappa shape index (κ2) is 5.34. The van der Waals surface area contributed by atoms with Crippen molar-refractivity contribution in [3.8, 4) is 0 Å².